The highest BCUT2D eigenvalue weighted by Gasteiger charge is 2.35. The maximum atomic E-state index is 12.6. The second-order valence-electron chi connectivity index (χ2n) is 8.35. The van der Waals surface area contributed by atoms with E-state index >= 15 is 0 Å². The topological polar surface area (TPSA) is 82.2 Å². The van der Waals surface area contributed by atoms with E-state index in [1.54, 1.807) is 12.0 Å². The number of carbonyl (C=O) groups excluding carboxylic acids is 3. The van der Waals surface area contributed by atoms with Gasteiger partial charge in [-0.05, 0) is 36.4 Å². The van der Waals surface area contributed by atoms with Crippen LogP contribution >= 0.6 is 0 Å². The van der Waals surface area contributed by atoms with E-state index in [1.807, 2.05) is 59.5 Å². The van der Waals surface area contributed by atoms with Crippen LogP contribution in [0.25, 0.3) is 0 Å². The van der Waals surface area contributed by atoms with Crippen molar-refractivity contribution in [2.75, 3.05) is 56.2 Å². The lowest BCUT2D eigenvalue weighted by atomic mass is 10.1. The third-order valence-electron chi connectivity index (χ3n) is 6.27. The van der Waals surface area contributed by atoms with E-state index in [2.05, 4.69) is 10.2 Å². The number of rotatable bonds is 7. The molecule has 33 heavy (non-hydrogen) atoms. The SMILES string of the molecule is COc1ccc(N2CCN(C(=O)CCNC(=O)[C@H]3CC(=O)N(c4ccccc4)C3)CC2)cc1. The number of carbonyl (C=O) groups is 3. The molecule has 2 aromatic carbocycles. The zero-order chi connectivity index (χ0) is 23.2. The van der Waals surface area contributed by atoms with Gasteiger partial charge in [0, 0.05) is 63.5 Å². The quantitative estimate of drug-likeness (QED) is 0.697. The lowest BCUT2D eigenvalue weighted by molar-refractivity contribution is -0.131. The molecule has 1 atom stereocenters. The van der Waals surface area contributed by atoms with Crippen molar-refractivity contribution in [1.29, 1.82) is 0 Å². The third kappa shape index (κ3) is 5.45. The zero-order valence-corrected chi connectivity index (χ0v) is 18.9. The van der Waals surface area contributed by atoms with Gasteiger partial charge in [0.25, 0.3) is 0 Å². The Balaban J connectivity index is 1.18. The standard InChI is InChI=1S/C25H30N4O4/c1-33-22-9-7-20(8-10-22)27-13-15-28(16-14-27)23(30)11-12-26-25(32)19-17-24(31)29(18-19)21-5-3-2-4-6-21/h2-10,19H,11-18H2,1H3,(H,26,32)/t19-/m0/s1. The maximum absolute atomic E-state index is 12.6. The van der Waals surface area contributed by atoms with Crippen molar-refractivity contribution < 1.29 is 19.1 Å². The Hall–Kier alpha value is -3.55. The Morgan fingerprint density at radius 1 is 0.970 bits per heavy atom. The fourth-order valence-corrected chi connectivity index (χ4v) is 4.34. The minimum atomic E-state index is -0.388. The predicted octanol–water partition coefficient (Wildman–Crippen LogP) is 1.90. The summed E-state index contributed by atoms with van der Waals surface area (Å²) in [6.45, 7) is 3.50. The largest absolute Gasteiger partial charge is 0.497 e. The van der Waals surface area contributed by atoms with Crippen molar-refractivity contribution in [1.82, 2.24) is 10.2 Å². The van der Waals surface area contributed by atoms with Gasteiger partial charge in [-0.25, -0.2) is 0 Å². The molecule has 0 bridgehead atoms. The molecular formula is C25H30N4O4. The van der Waals surface area contributed by atoms with Crippen LogP contribution in [0.5, 0.6) is 5.75 Å². The number of amides is 3. The Bertz CT molecular complexity index is 972. The number of nitrogens with zero attached hydrogens (tertiary/aromatic N) is 3. The summed E-state index contributed by atoms with van der Waals surface area (Å²) in [6.07, 6.45) is 0.458. The lowest BCUT2D eigenvalue weighted by Gasteiger charge is -2.36. The summed E-state index contributed by atoms with van der Waals surface area (Å²) in [5, 5.41) is 2.85. The molecule has 0 unspecified atom stereocenters. The fourth-order valence-electron chi connectivity index (χ4n) is 4.34. The molecule has 0 saturated carbocycles. The molecule has 4 rings (SSSR count). The van der Waals surface area contributed by atoms with E-state index in [1.165, 1.54) is 0 Å². The first-order valence-electron chi connectivity index (χ1n) is 11.3. The number of hydrogen-bond acceptors (Lipinski definition) is 5. The van der Waals surface area contributed by atoms with Gasteiger partial charge in [-0.3, -0.25) is 14.4 Å². The van der Waals surface area contributed by atoms with Crippen LogP contribution in [0.3, 0.4) is 0 Å². The molecule has 3 amide bonds. The molecule has 2 fully saturated rings. The van der Waals surface area contributed by atoms with Crippen LogP contribution < -0.4 is 19.9 Å². The molecule has 2 saturated heterocycles. The van der Waals surface area contributed by atoms with E-state index in [0.29, 0.717) is 19.6 Å². The predicted molar refractivity (Wildman–Crippen MR) is 126 cm³/mol. The minimum absolute atomic E-state index is 0.0399. The monoisotopic (exact) mass is 450 g/mol. The number of methoxy groups -OCH3 is 1. The first kappa shape index (κ1) is 22.6. The highest BCUT2D eigenvalue weighted by molar-refractivity contribution is 6.00. The molecule has 8 nitrogen and oxygen atoms in total. The van der Waals surface area contributed by atoms with Gasteiger partial charge in [0.15, 0.2) is 0 Å². The summed E-state index contributed by atoms with van der Waals surface area (Å²) in [4.78, 5) is 43.2. The average molecular weight is 451 g/mol. The van der Waals surface area contributed by atoms with Crippen LogP contribution in [-0.4, -0.2) is 69.0 Å². The van der Waals surface area contributed by atoms with Gasteiger partial charge in [-0.2, -0.15) is 0 Å². The second-order valence-corrected chi connectivity index (χ2v) is 8.35. The highest BCUT2D eigenvalue weighted by atomic mass is 16.5. The Morgan fingerprint density at radius 3 is 2.33 bits per heavy atom. The van der Waals surface area contributed by atoms with Gasteiger partial charge < -0.3 is 24.8 Å². The summed E-state index contributed by atoms with van der Waals surface area (Å²) in [5.41, 5.74) is 1.92. The van der Waals surface area contributed by atoms with E-state index in [-0.39, 0.29) is 43.0 Å². The van der Waals surface area contributed by atoms with Crippen molar-refractivity contribution in [3.63, 3.8) is 0 Å². The molecule has 2 heterocycles. The molecule has 0 radical (unpaired) electrons. The van der Waals surface area contributed by atoms with Crippen LogP contribution in [0, 0.1) is 5.92 Å². The third-order valence-corrected chi connectivity index (χ3v) is 6.27. The highest BCUT2D eigenvalue weighted by Crippen LogP contribution is 2.25. The summed E-state index contributed by atoms with van der Waals surface area (Å²) >= 11 is 0. The molecule has 0 aliphatic carbocycles. The van der Waals surface area contributed by atoms with Crippen LogP contribution in [0.2, 0.25) is 0 Å². The minimum Gasteiger partial charge on any atom is -0.497 e. The number of piperazine rings is 1. The van der Waals surface area contributed by atoms with Crippen molar-refractivity contribution in [2.24, 2.45) is 5.92 Å². The molecule has 2 aliphatic heterocycles. The molecule has 0 aromatic heterocycles. The summed E-state index contributed by atoms with van der Waals surface area (Å²) in [6, 6.07) is 17.3. The molecule has 2 aromatic rings. The van der Waals surface area contributed by atoms with Gasteiger partial charge in [0.2, 0.25) is 17.7 Å². The first-order chi connectivity index (χ1) is 16.0. The van der Waals surface area contributed by atoms with Crippen LogP contribution in [0.4, 0.5) is 11.4 Å². The maximum Gasteiger partial charge on any atom is 0.227 e. The van der Waals surface area contributed by atoms with E-state index < -0.39 is 0 Å². The van der Waals surface area contributed by atoms with E-state index in [4.69, 9.17) is 4.74 Å². The molecule has 8 heteroatoms. The molecule has 2 aliphatic rings. The van der Waals surface area contributed by atoms with Crippen LogP contribution in [0.15, 0.2) is 54.6 Å². The van der Waals surface area contributed by atoms with Gasteiger partial charge in [-0.15, -0.1) is 0 Å². The van der Waals surface area contributed by atoms with Crippen LogP contribution in [-0.2, 0) is 14.4 Å². The number of anilines is 2. The smallest absolute Gasteiger partial charge is 0.227 e. The summed E-state index contributed by atoms with van der Waals surface area (Å²) < 4.78 is 5.20. The Labute approximate surface area is 194 Å². The Morgan fingerprint density at radius 2 is 1.67 bits per heavy atom. The average Bonchev–Trinajstić information content (AvgIpc) is 3.26. The second kappa shape index (κ2) is 10.4. The van der Waals surface area contributed by atoms with Gasteiger partial charge >= 0.3 is 0 Å². The number of hydrogen-bond donors (Lipinski definition) is 1. The lowest BCUT2D eigenvalue weighted by Crippen LogP contribution is -2.49. The van der Waals surface area contributed by atoms with Gasteiger partial charge in [-0.1, -0.05) is 18.2 Å². The number of ether oxygens (including phenoxy) is 1. The number of para-hydroxylation sites is 1. The van der Waals surface area contributed by atoms with Crippen molar-refractivity contribution in [2.45, 2.75) is 12.8 Å². The van der Waals surface area contributed by atoms with Crippen molar-refractivity contribution >= 4 is 29.1 Å². The molecule has 0 spiro atoms. The molecule has 1 N–H and O–H groups in total. The van der Waals surface area contributed by atoms with E-state index in [9.17, 15) is 14.4 Å². The fraction of sp³-hybridized carbons (Fsp3) is 0.400. The zero-order valence-electron chi connectivity index (χ0n) is 18.9. The first-order valence-corrected chi connectivity index (χ1v) is 11.3. The Kier molecular flexibility index (Phi) is 7.12. The van der Waals surface area contributed by atoms with Crippen molar-refractivity contribution in [3.8, 4) is 5.75 Å². The summed E-state index contributed by atoms with van der Waals surface area (Å²) in [5.74, 6) is 0.259. The van der Waals surface area contributed by atoms with Gasteiger partial charge in [0.05, 0.1) is 13.0 Å². The number of benzene rings is 2. The normalized spacial score (nSPS) is 18.4. The van der Waals surface area contributed by atoms with E-state index in [0.717, 1.165) is 30.2 Å². The van der Waals surface area contributed by atoms with Crippen LogP contribution in [0.1, 0.15) is 12.8 Å². The molecular weight excluding hydrogens is 420 g/mol. The van der Waals surface area contributed by atoms with Gasteiger partial charge in [0.1, 0.15) is 5.75 Å². The number of nitrogens with one attached hydrogen (secondary N) is 1. The summed E-state index contributed by atoms with van der Waals surface area (Å²) in [7, 11) is 1.65. The van der Waals surface area contributed by atoms with Crippen molar-refractivity contribution in [3.05, 3.63) is 54.6 Å². The molecule has 174 valence electrons.